The SMILES string of the molecule is COC(=O)Cc1csc(NS(=O)(=O)C2CCC2)n1. The van der Waals surface area contributed by atoms with Crippen molar-refractivity contribution in [1.82, 2.24) is 4.98 Å². The number of hydrogen-bond acceptors (Lipinski definition) is 6. The summed E-state index contributed by atoms with van der Waals surface area (Å²) in [6.45, 7) is 0. The van der Waals surface area contributed by atoms with Crippen LogP contribution >= 0.6 is 11.3 Å². The van der Waals surface area contributed by atoms with Crippen LogP contribution in [0, 0.1) is 0 Å². The summed E-state index contributed by atoms with van der Waals surface area (Å²) in [7, 11) is -2.02. The molecule has 18 heavy (non-hydrogen) atoms. The van der Waals surface area contributed by atoms with Crippen molar-refractivity contribution in [2.24, 2.45) is 0 Å². The average Bonchev–Trinajstić information content (AvgIpc) is 2.60. The molecule has 2 rings (SSSR count). The maximum absolute atomic E-state index is 11.8. The minimum atomic E-state index is -3.32. The van der Waals surface area contributed by atoms with Crippen LogP contribution in [0.1, 0.15) is 25.0 Å². The van der Waals surface area contributed by atoms with E-state index in [4.69, 9.17) is 0 Å². The third-order valence-corrected chi connectivity index (χ3v) is 5.59. The predicted molar refractivity (Wildman–Crippen MR) is 68.0 cm³/mol. The number of sulfonamides is 1. The fraction of sp³-hybridized carbons (Fsp3) is 0.600. The summed E-state index contributed by atoms with van der Waals surface area (Å²) in [5, 5.41) is 1.65. The minimum absolute atomic E-state index is 0.0537. The van der Waals surface area contributed by atoms with Crippen LogP contribution in [0.2, 0.25) is 0 Å². The van der Waals surface area contributed by atoms with E-state index < -0.39 is 16.0 Å². The molecular formula is C10H14N2O4S2. The first-order valence-corrected chi connectivity index (χ1v) is 7.96. The highest BCUT2D eigenvalue weighted by Gasteiger charge is 2.31. The van der Waals surface area contributed by atoms with E-state index in [1.165, 1.54) is 18.4 Å². The number of hydrogen-bond donors (Lipinski definition) is 1. The lowest BCUT2D eigenvalue weighted by atomic mass is 10.0. The summed E-state index contributed by atoms with van der Waals surface area (Å²) in [5.74, 6) is -0.395. The number of anilines is 1. The number of methoxy groups -OCH3 is 1. The van der Waals surface area contributed by atoms with Gasteiger partial charge in [-0.3, -0.25) is 9.52 Å². The van der Waals surface area contributed by atoms with Crippen molar-refractivity contribution in [2.75, 3.05) is 11.8 Å². The van der Waals surface area contributed by atoms with Crippen molar-refractivity contribution in [2.45, 2.75) is 30.9 Å². The van der Waals surface area contributed by atoms with E-state index in [-0.39, 0.29) is 11.7 Å². The highest BCUT2D eigenvalue weighted by molar-refractivity contribution is 7.93. The number of esters is 1. The van der Waals surface area contributed by atoms with Gasteiger partial charge in [0.1, 0.15) is 0 Å². The average molecular weight is 290 g/mol. The normalized spacial score (nSPS) is 16.1. The Morgan fingerprint density at radius 1 is 1.61 bits per heavy atom. The van der Waals surface area contributed by atoms with Crippen LogP contribution in [-0.4, -0.2) is 31.7 Å². The van der Waals surface area contributed by atoms with Gasteiger partial charge in [0.2, 0.25) is 10.0 Å². The number of nitrogens with one attached hydrogen (secondary N) is 1. The van der Waals surface area contributed by atoms with Crippen molar-refractivity contribution in [1.29, 1.82) is 0 Å². The first kappa shape index (κ1) is 13.3. The van der Waals surface area contributed by atoms with E-state index in [2.05, 4.69) is 14.4 Å². The van der Waals surface area contributed by atoms with Crippen molar-refractivity contribution in [3.63, 3.8) is 0 Å². The molecule has 1 aliphatic carbocycles. The lowest BCUT2D eigenvalue weighted by Gasteiger charge is -2.24. The Bertz CT molecular complexity index is 534. The highest BCUT2D eigenvalue weighted by atomic mass is 32.2. The zero-order chi connectivity index (χ0) is 13.2. The Morgan fingerprint density at radius 2 is 2.33 bits per heavy atom. The topological polar surface area (TPSA) is 85.4 Å². The van der Waals surface area contributed by atoms with Crippen LogP contribution < -0.4 is 4.72 Å². The van der Waals surface area contributed by atoms with Gasteiger partial charge in [0.25, 0.3) is 0 Å². The van der Waals surface area contributed by atoms with E-state index in [9.17, 15) is 13.2 Å². The molecule has 1 aromatic heterocycles. The quantitative estimate of drug-likeness (QED) is 0.822. The first-order valence-electron chi connectivity index (χ1n) is 5.54. The summed E-state index contributed by atoms with van der Waals surface area (Å²) in [6.07, 6.45) is 2.42. The third kappa shape index (κ3) is 2.99. The number of carbonyl (C=O) groups is 1. The van der Waals surface area contributed by atoms with Crippen molar-refractivity contribution < 1.29 is 17.9 Å². The van der Waals surface area contributed by atoms with E-state index in [0.29, 0.717) is 23.7 Å². The standard InChI is InChI=1S/C10H14N2O4S2/c1-16-9(13)5-7-6-17-10(11-7)12-18(14,15)8-3-2-4-8/h6,8H,2-5H2,1H3,(H,11,12). The van der Waals surface area contributed by atoms with E-state index in [1.807, 2.05) is 0 Å². The second-order valence-corrected chi connectivity index (χ2v) is 6.92. The van der Waals surface area contributed by atoms with Crippen molar-refractivity contribution >= 4 is 32.5 Å². The van der Waals surface area contributed by atoms with Gasteiger partial charge >= 0.3 is 5.97 Å². The second-order valence-electron chi connectivity index (χ2n) is 4.10. The Balaban J connectivity index is 2.00. The number of thiazole rings is 1. The number of carbonyl (C=O) groups excluding carboxylic acids is 1. The molecule has 0 unspecified atom stereocenters. The summed E-state index contributed by atoms with van der Waals surface area (Å²) in [5.41, 5.74) is 0.512. The molecule has 1 heterocycles. The lowest BCUT2D eigenvalue weighted by Crippen LogP contribution is -2.33. The molecule has 1 aliphatic rings. The highest BCUT2D eigenvalue weighted by Crippen LogP contribution is 2.28. The molecule has 1 saturated carbocycles. The number of ether oxygens (including phenoxy) is 1. The van der Waals surface area contributed by atoms with E-state index >= 15 is 0 Å². The monoisotopic (exact) mass is 290 g/mol. The fourth-order valence-corrected chi connectivity index (χ4v) is 4.05. The predicted octanol–water partition coefficient (Wildman–Crippen LogP) is 1.15. The maximum Gasteiger partial charge on any atom is 0.311 e. The van der Waals surface area contributed by atoms with Crippen LogP contribution in [0.25, 0.3) is 0 Å². The van der Waals surface area contributed by atoms with Crippen LogP contribution in [0.15, 0.2) is 5.38 Å². The Hall–Kier alpha value is -1.15. The van der Waals surface area contributed by atoms with Crippen LogP contribution in [0.3, 0.4) is 0 Å². The smallest absolute Gasteiger partial charge is 0.311 e. The molecule has 1 fully saturated rings. The molecule has 0 aliphatic heterocycles. The number of nitrogens with zero attached hydrogens (tertiary/aromatic N) is 1. The largest absolute Gasteiger partial charge is 0.469 e. The van der Waals surface area contributed by atoms with Gasteiger partial charge in [-0.05, 0) is 12.8 Å². The van der Waals surface area contributed by atoms with Gasteiger partial charge in [-0.2, -0.15) is 0 Å². The molecule has 0 spiro atoms. The molecule has 0 bridgehead atoms. The van der Waals surface area contributed by atoms with Crippen LogP contribution in [0.4, 0.5) is 5.13 Å². The summed E-state index contributed by atoms with van der Waals surface area (Å²) < 4.78 is 30.6. The van der Waals surface area contributed by atoms with Gasteiger partial charge < -0.3 is 4.74 Å². The lowest BCUT2D eigenvalue weighted by molar-refractivity contribution is -0.139. The fourth-order valence-electron chi connectivity index (χ4n) is 1.54. The Labute approximate surface area is 109 Å². The Kier molecular flexibility index (Phi) is 3.86. The number of aromatic nitrogens is 1. The molecule has 0 atom stereocenters. The maximum atomic E-state index is 11.8. The van der Waals surface area contributed by atoms with Gasteiger partial charge in [0.05, 0.1) is 24.5 Å². The van der Waals surface area contributed by atoms with E-state index in [0.717, 1.165) is 6.42 Å². The Morgan fingerprint density at radius 3 is 2.89 bits per heavy atom. The summed E-state index contributed by atoms with van der Waals surface area (Å²) in [6, 6.07) is 0. The van der Waals surface area contributed by atoms with Crippen LogP contribution in [0.5, 0.6) is 0 Å². The molecule has 8 heteroatoms. The van der Waals surface area contributed by atoms with Gasteiger partial charge in [-0.1, -0.05) is 6.42 Å². The van der Waals surface area contributed by atoms with Crippen molar-refractivity contribution in [3.8, 4) is 0 Å². The third-order valence-electron chi connectivity index (χ3n) is 2.83. The molecule has 1 N–H and O–H groups in total. The molecule has 100 valence electrons. The molecule has 0 saturated heterocycles. The van der Waals surface area contributed by atoms with Gasteiger partial charge in [-0.15, -0.1) is 11.3 Å². The zero-order valence-corrected chi connectivity index (χ0v) is 11.5. The summed E-state index contributed by atoms with van der Waals surface area (Å²) in [4.78, 5) is 15.1. The number of rotatable bonds is 5. The molecule has 0 radical (unpaired) electrons. The zero-order valence-electron chi connectivity index (χ0n) is 9.88. The molecule has 0 amide bonds. The molecule has 0 aromatic carbocycles. The molecular weight excluding hydrogens is 276 g/mol. The van der Waals surface area contributed by atoms with Crippen LogP contribution in [-0.2, 0) is 26.0 Å². The van der Waals surface area contributed by atoms with Gasteiger partial charge in [0.15, 0.2) is 5.13 Å². The van der Waals surface area contributed by atoms with Gasteiger partial charge in [0, 0.05) is 5.38 Å². The first-order chi connectivity index (χ1) is 8.51. The second kappa shape index (κ2) is 5.23. The summed E-state index contributed by atoms with van der Waals surface area (Å²) >= 11 is 1.17. The van der Waals surface area contributed by atoms with Gasteiger partial charge in [-0.25, -0.2) is 13.4 Å². The molecule has 1 aromatic rings. The van der Waals surface area contributed by atoms with E-state index in [1.54, 1.807) is 5.38 Å². The van der Waals surface area contributed by atoms with Crippen molar-refractivity contribution in [3.05, 3.63) is 11.1 Å². The minimum Gasteiger partial charge on any atom is -0.469 e. The molecule has 6 nitrogen and oxygen atoms in total.